The third kappa shape index (κ3) is 9.03. The Morgan fingerprint density at radius 1 is 0.682 bits per heavy atom. The van der Waals surface area contributed by atoms with Crippen LogP contribution in [0, 0.1) is 23.7 Å². The first-order chi connectivity index (χ1) is 21.5. The van der Waals surface area contributed by atoms with E-state index in [4.69, 9.17) is 9.84 Å². The highest BCUT2D eigenvalue weighted by molar-refractivity contribution is 9.10. The van der Waals surface area contributed by atoms with E-state index in [-0.39, 0.29) is 6.61 Å². The van der Waals surface area contributed by atoms with Crippen LogP contribution in [-0.4, -0.2) is 23.4 Å². The van der Waals surface area contributed by atoms with Crippen LogP contribution in [0.1, 0.15) is 33.4 Å². The highest BCUT2D eigenvalue weighted by atomic mass is 79.9. The Bertz CT molecular complexity index is 1770. The topological polar surface area (TPSA) is 46.5 Å². The number of carboxylic acid groups (broad SMARTS) is 1. The van der Waals surface area contributed by atoms with Gasteiger partial charge in [0, 0.05) is 32.9 Å². The first-order valence-corrected chi connectivity index (χ1v) is 15.6. The zero-order chi connectivity index (χ0) is 30.6. The summed E-state index contributed by atoms with van der Waals surface area (Å²) in [5, 5.41) is 8.89. The van der Waals surface area contributed by atoms with E-state index in [1.807, 2.05) is 72.8 Å². The summed E-state index contributed by atoms with van der Waals surface area (Å²) >= 11 is 5.17. The molecule has 0 spiro atoms. The third-order valence-electron chi connectivity index (χ3n) is 6.43. The van der Waals surface area contributed by atoms with Gasteiger partial charge < -0.3 is 9.84 Å². The lowest BCUT2D eigenvalue weighted by Gasteiger charge is -2.11. The fraction of sp³-hybridized carbons (Fsp3) is 0.0513. The first-order valence-electron chi connectivity index (χ1n) is 13.9. The van der Waals surface area contributed by atoms with Crippen LogP contribution in [0.15, 0.2) is 143 Å². The Labute approximate surface area is 270 Å². The van der Waals surface area contributed by atoms with Gasteiger partial charge in [-0.25, -0.2) is 4.79 Å². The summed E-state index contributed by atoms with van der Waals surface area (Å²) in [6.07, 6.45) is 2.22. The molecular formula is C39H27BrO3S. The standard InChI is InChI=1S/C39H27BrO3S/c40-37-27-35(23-24-38(37)43-28-39(41)42)44-26-25-36(33-19-15-31(16-20-33)13-11-29-7-3-1-4-8-29)34-21-17-32(18-22-34)14-12-30-9-5-2-6-10-30/h1-10,15-25,27H,26,28H2,(H,41,42). The predicted octanol–water partition coefficient (Wildman–Crippen LogP) is 8.94. The number of ether oxygens (including phenoxy) is 1. The Morgan fingerprint density at radius 2 is 1.16 bits per heavy atom. The average molecular weight is 656 g/mol. The average Bonchev–Trinajstić information content (AvgIpc) is 3.06. The molecular weight excluding hydrogens is 628 g/mol. The maximum absolute atomic E-state index is 10.8. The van der Waals surface area contributed by atoms with E-state index < -0.39 is 5.97 Å². The van der Waals surface area contributed by atoms with Gasteiger partial charge in [0.1, 0.15) is 5.75 Å². The summed E-state index contributed by atoms with van der Waals surface area (Å²) in [5.74, 6) is 13.2. The van der Waals surface area contributed by atoms with Crippen molar-refractivity contribution in [3.8, 4) is 29.4 Å². The molecule has 0 aliphatic heterocycles. The molecule has 5 aromatic carbocycles. The first kappa shape index (κ1) is 30.5. The number of hydrogen-bond donors (Lipinski definition) is 1. The molecule has 0 saturated heterocycles. The van der Waals surface area contributed by atoms with Crippen LogP contribution in [0.25, 0.3) is 5.57 Å². The number of carboxylic acids is 1. The molecule has 44 heavy (non-hydrogen) atoms. The molecule has 0 aromatic heterocycles. The molecule has 0 radical (unpaired) electrons. The minimum absolute atomic E-state index is 0.384. The van der Waals surface area contributed by atoms with E-state index in [2.05, 4.69) is 94.2 Å². The molecule has 5 rings (SSSR count). The van der Waals surface area contributed by atoms with Crippen molar-refractivity contribution in [1.82, 2.24) is 0 Å². The SMILES string of the molecule is O=C(O)COc1ccc(SCC=C(c2ccc(C#Cc3ccccc3)cc2)c2ccc(C#Cc3ccccc3)cc2)cc1Br. The van der Waals surface area contributed by atoms with E-state index in [1.165, 1.54) is 0 Å². The fourth-order valence-corrected chi connectivity index (χ4v) is 5.70. The van der Waals surface area contributed by atoms with Crippen molar-refractivity contribution in [3.05, 3.63) is 171 Å². The molecule has 0 unspecified atom stereocenters. The van der Waals surface area contributed by atoms with Gasteiger partial charge in [-0.3, -0.25) is 0 Å². The number of hydrogen-bond acceptors (Lipinski definition) is 3. The lowest BCUT2D eigenvalue weighted by atomic mass is 9.96. The highest BCUT2D eigenvalue weighted by Crippen LogP contribution is 2.32. The summed E-state index contributed by atoms with van der Waals surface area (Å²) in [5.41, 5.74) is 7.18. The van der Waals surface area contributed by atoms with Gasteiger partial charge in [0.2, 0.25) is 0 Å². The molecule has 0 atom stereocenters. The van der Waals surface area contributed by atoms with Crippen molar-refractivity contribution in [1.29, 1.82) is 0 Å². The second-order valence-electron chi connectivity index (χ2n) is 9.59. The number of thioether (sulfide) groups is 1. The Morgan fingerprint density at radius 3 is 1.61 bits per heavy atom. The summed E-state index contributed by atoms with van der Waals surface area (Å²) in [6.45, 7) is -0.384. The third-order valence-corrected chi connectivity index (χ3v) is 7.97. The van der Waals surface area contributed by atoms with Crippen LogP contribution in [0.3, 0.4) is 0 Å². The largest absolute Gasteiger partial charge is 0.481 e. The zero-order valence-corrected chi connectivity index (χ0v) is 26.1. The van der Waals surface area contributed by atoms with E-state index in [0.717, 1.165) is 49.6 Å². The minimum atomic E-state index is -1.01. The molecule has 0 aliphatic carbocycles. The number of carbonyl (C=O) groups is 1. The normalized spacial score (nSPS) is 10.0. The number of rotatable bonds is 8. The second kappa shape index (κ2) is 15.5. The van der Waals surface area contributed by atoms with Gasteiger partial charge in [0.05, 0.1) is 4.47 Å². The fourth-order valence-electron chi connectivity index (χ4n) is 4.25. The lowest BCUT2D eigenvalue weighted by molar-refractivity contribution is -0.139. The van der Waals surface area contributed by atoms with E-state index in [1.54, 1.807) is 17.8 Å². The Hall–Kier alpha value is -4.94. The zero-order valence-electron chi connectivity index (χ0n) is 23.7. The molecule has 3 nitrogen and oxygen atoms in total. The van der Waals surface area contributed by atoms with Gasteiger partial charge in [-0.1, -0.05) is 90.4 Å². The Balaban J connectivity index is 1.37. The minimum Gasteiger partial charge on any atom is -0.481 e. The van der Waals surface area contributed by atoms with Crippen LogP contribution < -0.4 is 4.74 Å². The maximum Gasteiger partial charge on any atom is 0.341 e. The number of aliphatic carboxylic acids is 1. The molecule has 0 saturated carbocycles. The van der Waals surface area contributed by atoms with Crippen LogP contribution in [0.5, 0.6) is 5.75 Å². The smallest absolute Gasteiger partial charge is 0.341 e. The number of halogens is 1. The van der Waals surface area contributed by atoms with E-state index in [0.29, 0.717) is 10.2 Å². The molecule has 0 bridgehead atoms. The summed E-state index contributed by atoms with van der Waals surface area (Å²) in [4.78, 5) is 11.9. The van der Waals surface area contributed by atoms with E-state index in [9.17, 15) is 4.79 Å². The van der Waals surface area contributed by atoms with Crippen molar-refractivity contribution in [3.63, 3.8) is 0 Å². The molecule has 0 amide bonds. The van der Waals surface area contributed by atoms with Crippen LogP contribution >= 0.6 is 27.7 Å². The monoisotopic (exact) mass is 654 g/mol. The van der Waals surface area contributed by atoms with Crippen LogP contribution in [-0.2, 0) is 4.79 Å². The van der Waals surface area contributed by atoms with Gasteiger partial charge in [0.25, 0.3) is 0 Å². The number of benzene rings is 5. The predicted molar refractivity (Wildman–Crippen MR) is 183 cm³/mol. The van der Waals surface area contributed by atoms with Crippen molar-refractivity contribution in [2.24, 2.45) is 0 Å². The summed E-state index contributed by atoms with van der Waals surface area (Å²) < 4.78 is 6.04. The van der Waals surface area contributed by atoms with Crippen molar-refractivity contribution in [2.45, 2.75) is 4.90 Å². The van der Waals surface area contributed by atoms with E-state index >= 15 is 0 Å². The van der Waals surface area contributed by atoms with Crippen molar-refractivity contribution >= 4 is 39.2 Å². The van der Waals surface area contributed by atoms with Gasteiger partial charge in [-0.15, -0.1) is 11.8 Å². The quantitative estimate of drug-likeness (QED) is 0.134. The maximum atomic E-state index is 10.8. The molecule has 0 heterocycles. The molecule has 1 N–H and O–H groups in total. The van der Waals surface area contributed by atoms with Gasteiger partial charge in [-0.2, -0.15) is 0 Å². The van der Waals surface area contributed by atoms with Gasteiger partial charge in [-0.05, 0) is 99.4 Å². The molecule has 5 aromatic rings. The molecule has 214 valence electrons. The molecule has 0 aliphatic rings. The summed E-state index contributed by atoms with van der Waals surface area (Å²) in [6, 6.07) is 42.2. The van der Waals surface area contributed by atoms with Crippen molar-refractivity contribution < 1.29 is 14.6 Å². The second-order valence-corrected chi connectivity index (χ2v) is 11.5. The highest BCUT2D eigenvalue weighted by Gasteiger charge is 2.08. The molecule has 5 heteroatoms. The van der Waals surface area contributed by atoms with Crippen LogP contribution in [0.2, 0.25) is 0 Å². The van der Waals surface area contributed by atoms with Crippen LogP contribution in [0.4, 0.5) is 0 Å². The Kier molecular flexibility index (Phi) is 10.8. The summed E-state index contributed by atoms with van der Waals surface area (Å²) in [7, 11) is 0. The lowest BCUT2D eigenvalue weighted by Crippen LogP contribution is -2.09. The van der Waals surface area contributed by atoms with Gasteiger partial charge >= 0.3 is 5.97 Å². The van der Waals surface area contributed by atoms with Crippen molar-refractivity contribution in [2.75, 3.05) is 12.4 Å². The molecule has 0 fully saturated rings. The van der Waals surface area contributed by atoms with Gasteiger partial charge in [0.15, 0.2) is 6.61 Å².